The molecule has 0 unspecified atom stereocenters. The van der Waals surface area contributed by atoms with Gasteiger partial charge in [0.05, 0.1) is 0 Å². The highest BCUT2D eigenvalue weighted by molar-refractivity contribution is 5.93. The highest BCUT2D eigenvalue weighted by atomic mass is 16.2. The molecule has 2 aliphatic rings. The number of carbonyl (C=O) groups is 1. The predicted molar refractivity (Wildman–Crippen MR) is 84.5 cm³/mol. The van der Waals surface area contributed by atoms with Crippen molar-refractivity contribution in [1.29, 1.82) is 0 Å². The molecule has 0 aliphatic carbocycles. The number of hydrogen-bond acceptors (Lipinski definition) is 3. The average molecular weight is 287 g/mol. The zero-order valence-electron chi connectivity index (χ0n) is 13.1. The number of piperidine rings is 1. The predicted octanol–water partition coefficient (Wildman–Crippen LogP) is 2.65. The first-order valence-electron chi connectivity index (χ1n) is 8.13. The lowest BCUT2D eigenvalue weighted by atomic mass is 9.95. The topological polar surface area (TPSA) is 36.4 Å². The molecule has 114 valence electrons. The van der Waals surface area contributed by atoms with Gasteiger partial charge in [0.15, 0.2) is 0 Å². The molecule has 1 atom stereocenters. The first kappa shape index (κ1) is 14.5. The largest absolute Gasteiger partial charge is 0.303 e. The molecule has 0 aromatic carbocycles. The quantitative estimate of drug-likeness (QED) is 0.854. The molecule has 1 aromatic rings. The van der Waals surface area contributed by atoms with Gasteiger partial charge in [-0.3, -0.25) is 9.69 Å². The maximum Gasteiger partial charge on any atom is 0.228 e. The summed E-state index contributed by atoms with van der Waals surface area (Å²) in [5.74, 6) is 2.04. The van der Waals surface area contributed by atoms with E-state index >= 15 is 0 Å². The van der Waals surface area contributed by atoms with Crippen molar-refractivity contribution in [3.8, 4) is 0 Å². The number of carbonyl (C=O) groups excluding carboxylic acids is 1. The molecule has 4 heteroatoms. The lowest BCUT2D eigenvalue weighted by Crippen LogP contribution is -2.47. The number of pyridine rings is 1. The van der Waals surface area contributed by atoms with Gasteiger partial charge in [0.1, 0.15) is 5.82 Å². The van der Waals surface area contributed by atoms with Crippen LogP contribution in [-0.4, -0.2) is 42.0 Å². The third-order valence-electron chi connectivity index (χ3n) is 4.60. The maximum absolute atomic E-state index is 12.3. The fraction of sp³-hybridized carbons (Fsp3) is 0.647. The van der Waals surface area contributed by atoms with E-state index in [1.54, 1.807) is 0 Å². The maximum atomic E-state index is 12.3. The second-order valence-corrected chi connectivity index (χ2v) is 6.64. The summed E-state index contributed by atoms with van der Waals surface area (Å²) < 4.78 is 0. The van der Waals surface area contributed by atoms with E-state index < -0.39 is 0 Å². The summed E-state index contributed by atoms with van der Waals surface area (Å²) in [5, 5.41) is 0. The molecule has 4 nitrogen and oxygen atoms in total. The number of likely N-dealkylation sites (tertiary alicyclic amines) is 1. The molecule has 1 aromatic heterocycles. The third-order valence-corrected chi connectivity index (χ3v) is 4.60. The molecule has 2 fully saturated rings. The summed E-state index contributed by atoms with van der Waals surface area (Å²) in [6.07, 6.45) is 3.01. The van der Waals surface area contributed by atoms with E-state index in [4.69, 9.17) is 0 Å². The number of hydrogen-bond donors (Lipinski definition) is 0. The fourth-order valence-corrected chi connectivity index (χ4v) is 3.13. The molecule has 3 rings (SSSR count). The van der Waals surface area contributed by atoms with E-state index in [-0.39, 0.29) is 5.91 Å². The molecule has 0 saturated carbocycles. The van der Waals surface area contributed by atoms with Gasteiger partial charge < -0.3 is 4.90 Å². The lowest BCUT2D eigenvalue weighted by molar-refractivity contribution is -0.120. The van der Waals surface area contributed by atoms with Gasteiger partial charge >= 0.3 is 0 Å². The zero-order chi connectivity index (χ0) is 14.8. The molecule has 21 heavy (non-hydrogen) atoms. The summed E-state index contributed by atoms with van der Waals surface area (Å²) in [6.45, 7) is 8.68. The zero-order valence-corrected chi connectivity index (χ0v) is 13.1. The molecule has 1 amide bonds. The molecule has 2 saturated heterocycles. The first-order valence-corrected chi connectivity index (χ1v) is 8.13. The van der Waals surface area contributed by atoms with Crippen molar-refractivity contribution in [1.82, 2.24) is 9.88 Å². The van der Waals surface area contributed by atoms with E-state index in [0.29, 0.717) is 18.3 Å². The number of aromatic nitrogens is 1. The van der Waals surface area contributed by atoms with Crippen LogP contribution >= 0.6 is 0 Å². The van der Waals surface area contributed by atoms with Crippen molar-refractivity contribution >= 4 is 11.7 Å². The van der Waals surface area contributed by atoms with Crippen molar-refractivity contribution in [2.75, 3.05) is 31.1 Å². The summed E-state index contributed by atoms with van der Waals surface area (Å²) in [5.41, 5.74) is 1.06. The van der Waals surface area contributed by atoms with Crippen molar-refractivity contribution in [3.05, 3.63) is 23.9 Å². The van der Waals surface area contributed by atoms with Crippen LogP contribution in [0.5, 0.6) is 0 Å². The Balaban J connectivity index is 1.72. The Morgan fingerprint density at radius 1 is 1.33 bits per heavy atom. The van der Waals surface area contributed by atoms with Gasteiger partial charge in [0, 0.05) is 25.2 Å². The minimum atomic E-state index is 0.225. The summed E-state index contributed by atoms with van der Waals surface area (Å²) >= 11 is 0. The van der Waals surface area contributed by atoms with Gasteiger partial charge in [-0.1, -0.05) is 19.9 Å². The second kappa shape index (κ2) is 6.14. The van der Waals surface area contributed by atoms with Gasteiger partial charge in [0.2, 0.25) is 5.91 Å². The highest BCUT2D eigenvalue weighted by Crippen LogP contribution is 2.25. The van der Waals surface area contributed by atoms with Gasteiger partial charge in [0.25, 0.3) is 0 Å². The Kier molecular flexibility index (Phi) is 4.24. The monoisotopic (exact) mass is 287 g/mol. The van der Waals surface area contributed by atoms with Crippen molar-refractivity contribution < 1.29 is 4.79 Å². The Labute approximate surface area is 127 Å². The van der Waals surface area contributed by atoms with Crippen LogP contribution in [0, 0.1) is 5.92 Å². The Bertz CT molecular complexity index is 511. The molecule has 0 bridgehead atoms. The number of amides is 1. The third kappa shape index (κ3) is 3.26. The van der Waals surface area contributed by atoms with Crippen LogP contribution in [0.15, 0.2) is 18.2 Å². The van der Waals surface area contributed by atoms with Crippen LogP contribution in [0.2, 0.25) is 0 Å². The second-order valence-electron chi connectivity index (χ2n) is 6.64. The SMILES string of the molecule is CC(C)c1cccc(N2C[C@H](CN3CCC3)CCC2=O)n1. The van der Waals surface area contributed by atoms with E-state index in [2.05, 4.69) is 23.7 Å². The van der Waals surface area contributed by atoms with Crippen LogP contribution in [0.25, 0.3) is 0 Å². The fourth-order valence-electron chi connectivity index (χ4n) is 3.13. The molecule has 3 heterocycles. The first-order chi connectivity index (χ1) is 10.1. The number of nitrogens with zero attached hydrogens (tertiary/aromatic N) is 3. The van der Waals surface area contributed by atoms with E-state index in [1.165, 1.54) is 19.5 Å². The average Bonchev–Trinajstić information content (AvgIpc) is 2.44. The van der Waals surface area contributed by atoms with Crippen LogP contribution in [0.3, 0.4) is 0 Å². The minimum absolute atomic E-state index is 0.225. The molecule has 0 spiro atoms. The summed E-state index contributed by atoms with van der Waals surface area (Å²) in [7, 11) is 0. The van der Waals surface area contributed by atoms with E-state index in [0.717, 1.165) is 31.0 Å². The Hall–Kier alpha value is -1.42. The molecule has 0 N–H and O–H groups in total. The van der Waals surface area contributed by atoms with Gasteiger partial charge in [-0.05, 0) is 49.9 Å². The molecular formula is C17H25N3O. The number of rotatable bonds is 4. The van der Waals surface area contributed by atoms with Gasteiger partial charge in [-0.25, -0.2) is 4.98 Å². The highest BCUT2D eigenvalue weighted by Gasteiger charge is 2.29. The number of anilines is 1. The lowest BCUT2D eigenvalue weighted by Gasteiger charge is -2.38. The van der Waals surface area contributed by atoms with Crippen LogP contribution in [0.4, 0.5) is 5.82 Å². The van der Waals surface area contributed by atoms with Crippen molar-refractivity contribution in [3.63, 3.8) is 0 Å². The van der Waals surface area contributed by atoms with E-state index in [9.17, 15) is 4.79 Å². The summed E-state index contributed by atoms with van der Waals surface area (Å²) in [4.78, 5) is 21.3. The minimum Gasteiger partial charge on any atom is -0.303 e. The Morgan fingerprint density at radius 3 is 2.81 bits per heavy atom. The van der Waals surface area contributed by atoms with Crippen LogP contribution < -0.4 is 4.90 Å². The van der Waals surface area contributed by atoms with Crippen molar-refractivity contribution in [2.24, 2.45) is 5.92 Å². The standard InChI is InChI=1S/C17H25N3O/c1-13(2)15-5-3-6-16(18-15)20-12-14(7-8-17(20)21)11-19-9-4-10-19/h3,5-6,13-14H,4,7-12H2,1-2H3/t14-/m0/s1. The summed E-state index contributed by atoms with van der Waals surface area (Å²) in [6, 6.07) is 6.03. The molecule has 2 aliphatic heterocycles. The van der Waals surface area contributed by atoms with Gasteiger partial charge in [-0.2, -0.15) is 0 Å². The van der Waals surface area contributed by atoms with E-state index in [1.807, 2.05) is 23.1 Å². The molecule has 0 radical (unpaired) electrons. The Morgan fingerprint density at radius 2 is 2.14 bits per heavy atom. The smallest absolute Gasteiger partial charge is 0.228 e. The van der Waals surface area contributed by atoms with Gasteiger partial charge in [-0.15, -0.1) is 0 Å². The normalized spacial score (nSPS) is 23.5. The van der Waals surface area contributed by atoms with Crippen molar-refractivity contribution in [2.45, 2.75) is 39.0 Å². The van der Waals surface area contributed by atoms with Crippen LogP contribution in [0.1, 0.15) is 44.7 Å². The van der Waals surface area contributed by atoms with Crippen LogP contribution in [-0.2, 0) is 4.79 Å². The molecular weight excluding hydrogens is 262 g/mol.